The molecular weight excluding hydrogens is 206 g/mol. The van der Waals surface area contributed by atoms with Gasteiger partial charge in [-0.3, -0.25) is 4.90 Å². The summed E-state index contributed by atoms with van der Waals surface area (Å²) in [4.78, 5) is 2.18. The summed E-state index contributed by atoms with van der Waals surface area (Å²) < 4.78 is 5.77. The predicted molar refractivity (Wildman–Crippen MR) is 63.7 cm³/mol. The smallest absolute Gasteiger partial charge is 0.153 e. The van der Waals surface area contributed by atoms with E-state index in [-0.39, 0.29) is 5.84 Å². The van der Waals surface area contributed by atoms with Crippen molar-refractivity contribution in [2.24, 2.45) is 10.9 Å². The first-order valence-electron chi connectivity index (χ1n) is 6.00. The summed E-state index contributed by atoms with van der Waals surface area (Å²) in [5.74, 6) is 0.263. The van der Waals surface area contributed by atoms with Gasteiger partial charge in [0.1, 0.15) is 0 Å². The molecule has 0 aliphatic carbocycles. The van der Waals surface area contributed by atoms with Gasteiger partial charge in [0.2, 0.25) is 0 Å². The molecule has 0 amide bonds. The second kappa shape index (κ2) is 6.70. The molecule has 0 aromatic rings. The van der Waals surface area contributed by atoms with Crippen molar-refractivity contribution >= 4 is 5.84 Å². The van der Waals surface area contributed by atoms with Crippen LogP contribution in [0, 0.1) is 0 Å². The van der Waals surface area contributed by atoms with Gasteiger partial charge in [0.05, 0.1) is 18.8 Å². The Labute approximate surface area is 97.2 Å². The van der Waals surface area contributed by atoms with Gasteiger partial charge in [-0.05, 0) is 32.7 Å². The van der Waals surface area contributed by atoms with Crippen molar-refractivity contribution in [3.8, 4) is 0 Å². The molecule has 1 saturated heterocycles. The van der Waals surface area contributed by atoms with Crippen LogP contribution in [0.2, 0.25) is 0 Å². The monoisotopic (exact) mass is 229 g/mol. The van der Waals surface area contributed by atoms with Crippen molar-refractivity contribution in [3.05, 3.63) is 0 Å². The van der Waals surface area contributed by atoms with Crippen molar-refractivity contribution in [3.63, 3.8) is 0 Å². The maximum absolute atomic E-state index is 8.56. The van der Waals surface area contributed by atoms with E-state index in [1.54, 1.807) is 0 Å². The molecular formula is C11H23N3O2. The molecule has 2 atom stereocenters. The highest BCUT2D eigenvalue weighted by Gasteiger charge is 2.23. The fourth-order valence-electron chi connectivity index (χ4n) is 2.12. The topological polar surface area (TPSA) is 71.1 Å². The second-order valence-corrected chi connectivity index (χ2v) is 4.47. The maximum atomic E-state index is 8.56. The minimum absolute atomic E-state index is 0.263. The number of nitrogens with two attached hydrogens (primary N) is 1. The fraction of sp³-hybridized carbons (Fsp3) is 0.909. The lowest BCUT2D eigenvalue weighted by Crippen LogP contribution is -2.39. The van der Waals surface area contributed by atoms with E-state index in [1.165, 1.54) is 0 Å². The zero-order chi connectivity index (χ0) is 12.0. The Kier molecular flexibility index (Phi) is 5.55. The van der Waals surface area contributed by atoms with Crippen molar-refractivity contribution in [2.75, 3.05) is 19.6 Å². The molecule has 0 radical (unpaired) electrons. The Morgan fingerprint density at radius 2 is 2.31 bits per heavy atom. The van der Waals surface area contributed by atoms with E-state index in [4.69, 9.17) is 15.7 Å². The number of amidine groups is 1. The number of hydrogen-bond donors (Lipinski definition) is 2. The van der Waals surface area contributed by atoms with E-state index < -0.39 is 0 Å². The highest BCUT2D eigenvalue weighted by atomic mass is 16.5. The van der Waals surface area contributed by atoms with E-state index in [0.29, 0.717) is 18.8 Å². The molecule has 1 heterocycles. The van der Waals surface area contributed by atoms with Crippen molar-refractivity contribution in [2.45, 2.75) is 45.3 Å². The van der Waals surface area contributed by atoms with Crippen LogP contribution in [0.3, 0.4) is 0 Å². The van der Waals surface area contributed by atoms with E-state index >= 15 is 0 Å². The zero-order valence-electron chi connectivity index (χ0n) is 10.2. The van der Waals surface area contributed by atoms with Gasteiger partial charge in [-0.25, -0.2) is 0 Å². The Hall–Kier alpha value is -0.810. The maximum Gasteiger partial charge on any atom is 0.153 e. The summed E-state index contributed by atoms with van der Waals surface area (Å²) >= 11 is 0. The molecule has 0 aromatic carbocycles. The summed E-state index contributed by atoms with van der Waals surface area (Å²) in [5, 5.41) is 11.6. The van der Waals surface area contributed by atoms with Crippen molar-refractivity contribution in [1.29, 1.82) is 0 Å². The first-order valence-corrected chi connectivity index (χ1v) is 6.00. The average Bonchev–Trinajstić information content (AvgIpc) is 2.64. The molecule has 1 rings (SSSR count). The van der Waals surface area contributed by atoms with Gasteiger partial charge < -0.3 is 15.7 Å². The molecule has 94 valence electrons. The number of oxime groups is 1. The zero-order valence-corrected chi connectivity index (χ0v) is 10.2. The number of hydrogen-bond acceptors (Lipinski definition) is 4. The third-order valence-electron chi connectivity index (χ3n) is 2.84. The van der Waals surface area contributed by atoms with Crippen LogP contribution in [0.1, 0.15) is 33.1 Å². The Morgan fingerprint density at radius 1 is 1.56 bits per heavy atom. The Bertz CT molecular complexity index is 233. The average molecular weight is 229 g/mol. The van der Waals surface area contributed by atoms with Crippen LogP contribution in [0.25, 0.3) is 0 Å². The van der Waals surface area contributed by atoms with E-state index in [0.717, 1.165) is 32.4 Å². The van der Waals surface area contributed by atoms with Gasteiger partial charge in [0, 0.05) is 6.54 Å². The third-order valence-corrected chi connectivity index (χ3v) is 2.84. The summed E-state index contributed by atoms with van der Waals surface area (Å²) in [7, 11) is 0. The molecule has 1 aliphatic rings. The van der Waals surface area contributed by atoms with Gasteiger partial charge in [-0.2, -0.15) is 0 Å². The van der Waals surface area contributed by atoms with Gasteiger partial charge in [-0.15, -0.1) is 0 Å². The lowest BCUT2D eigenvalue weighted by atomic mass is 10.2. The first-order chi connectivity index (χ1) is 7.65. The van der Waals surface area contributed by atoms with Crippen molar-refractivity contribution in [1.82, 2.24) is 4.90 Å². The Balaban J connectivity index is 2.38. The summed E-state index contributed by atoms with van der Waals surface area (Å²) in [6.45, 7) is 6.56. The number of ether oxygens (including phenoxy) is 1. The van der Waals surface area contributed by atoms with Gasteiger partial charge in [-0.1, -0.05) is 12.1 Å². The molecule has 0 saturated carbocycles. The van der Waals surface area contributed by atoms with Crippen molar-refractivity contribution < 1.29 is 9.94 Å². The van der Waals surface area contributed by atoms with Crippen LogP contribution in [-0.2, 0) is 4.74 Å². The molecule has 3 N–H and O–H groups in total. The largest absolute Gasteiger partial charge is 0.409 e. The van der Waals surface area contributed by atoms with E-state index in [1.807, 2.05) is 0 Å². The van der Waals surface area contributed by atoms with Crippen LogP contribution < -0.4 is 5.73 Å². The third kappa shape index (κ3) is 4.37. The summed E-state index contributed by atoms with van der Waals surface area (Å²) in [6.07, 6.45) is 3.97. The van der Waals surface area contributed by atoms with Gasteiger partial charge in [0.25, 0.3) is 0 Å². The normalized spacial score (nSPS) is 26.6. The van der Waals surface area contributed by atoms with Gasteiger partial charge >= 0.3 is 0 Å². The molecule has 1 fully saturated rings. The molecule has 5 nitrogen and oxygen atoms in total. The first kappa shape index (κ1) is 13.3. The molecule has 2 unspecified atom stereocenters. The molecule has 0 spiro atoms. The standard InChI is InChI=1S/C11H23N3O2/c1-3-6-14(8-11(12)13-15)7-10-5-4-9(2)16-10/h9-10,15H,3-8H2,1-2H3,(H2,12,13). The minimum Gasteiger partial charge on any atom is -0.409 e. The molecule has 0 bridgehead atoms. The fourth-order valence-corrected chi connectivity index (χ4v) is 2.12. The van der Waals surface area contributed by atoms with E-state index in [2.05, 4.69) is 23.9 Å². The SMILES string of the molecule is CCCN(CC(N)=NO)CC1CCC(C)O1. The highest BCUT2D eigenvalue weighted by Crippen LogP contribution is 2.19. The lowest BCUT2D eigenvalue weighted by molar-refractivity contribution is 0.0343. The summed E-state index contributed by atoms with van der Waals surface area (Å²) in [5.41, 5.74) is 5.52. The highest BCUT2D eigenvalue weighted by molar-refractivity contribution is 5.81. The molecule has 5 heteroatoms. The van der Waals surface area contributed by atoms with Gasteiger partial charge in [0.15, 0.2) is 5.84 Å². The second-order valence-electron chi connectivity index (χ2n) is 4.47. The van der Waals surface area contributed by atoms with Crippen LogP contribution in [0.15, 0.2) is 5.16 Å². The molecule has 1 aliphatic heterocycles. The quantitative estimate of drug-likeness (QED) is 0.309. The predicted octanol–water partition coefficient (Wildman–Crippen LogP) is 1.01. The van der Waals surface area contributed by atoms with Crippen LogP contribution >= 0.6 is 0 Å². The molecule has 0 aromatic heterocycles. The minimum atomic E-state index is 0.263. The van der Waals surface area contributed by atoms with Crippen LogP contribution in [0.4, 0.5) is 0 Å². The lowest BCUT2D eigenvalue weighted by Gasteiger charge is -2.24. The van der Waals surface area contributed by atoms with Crippen LogP contribution in [-0.4, -0.2) is 47.8 Å². The summed E-state index contributed by atoms with van der Waals surface area (Å²) in [6, 6.07) is 0. The number of rotatable bonds is 6. The number of nitrogens with zero attached hydrogens (tertiary/aromatic N) is 2. The Morgan fingerprint density at radius 3 is 2.81 bits per heavy atom. The van der Waals surface area contributed by atoms with Crippen LogP contribution in [0.5, 0.6) is 0 Å². The van der Waals surface area contributed by atoms with E-state index in [9.17, 15) is 0 Å². The molecule has 16 heavy (non-hydrogen) atoms.